The Kier molecular flexibility index (Phi) is 10.0. The van der Waals surface area contributed by atoms with Gasteiger partial charge in [0.25, 0.3) is 0 Å². The van der Waals surface area contributed by atoms with Gasteiger partial charge in [0.1, 0.15) is 11.5 Å². The topological polar surface area (TPSA) is 74.4 Å². The summed E-state index contributed by atoms with van der Waals surface area (Å²) in [4.78, 5) is 13.8. The molecule has 1 aromatic heterocycles. The highest BCUT2D eigenvalue weighted by molar-refractivity contribution is 5.78. The van der Waals surface area contributed by atoms with Crippen LogP contribution >= 0.6 is 0 Å². The molecule has 0 saturated heterocycles. The molecule has 0 aliphatic heterocycles. The van der Waals surface area contributed by atoms with Gasteiger partial charge in [-0.2, -0.15) is 0 Å². The summed E-state index contributed by atoms with van der Waals surface area (Å²) in [6.45, 7) is 8.32. The molecule has 0 fully saturated rings. The summed E-state index contributed by atoms with van der Waals surface area (Å²) >= 11 is 0. The van der Waals surface area contributed by atoms with Gasteiger partial charge in [0.2, 0.25) is 5.88 Å². The predicted molar refractivity (Wildman–Crippen MR) is 111 cm³/mol. The Morgan fingerprint density at radius 2 is 1.48 bits per heavy atom. The molecule has 0 aliphatic carbocycles. The predicted octanol–water partition coefficient (Wildman–Crippen LogP) is 4.90. The van der Waals surface area contributed by atoms with Crippen molar-refractivity contribution in [2.24, 2.45) is 0 Å². The summed E-state index contributed by atoms with van der Waals surface area (Å²) in [5, 5.41) is 1.14. The van der Waals surface area contributed by atoms with Crippen LogP contribution in [0, 0.1) is 0 Å². The molecule has 0 atom stereocenters. The van der Waals surface area contributed by atoms with E-state index in [1.165, 1.54) is 13.8 Å². The number of pyridine rings is 1. The molecule has 0 aliphatic rings. The summed E-state index contributed by atoms with van der Waals surface area (Å²) in [7, 11) is 0. The second kappa shape index (κ2) is 12.3. The van der Waals surface area contributed by atoms with E-state index in [4.69, 9.17) is 15.2 Å². The fourth-order valence-electron chi connectivity index (χ4n) is 2.01. The van der Waals surface area contributed by atoms with Crippen molar-refractivity contribution < 1.29 is 14.3 Å². The monoisotopic (exact) mass is 368 g/mol. The first-order valence-corrected chi connectivity index (χ1v) is 8.90. The first kappa shape index (κ1) is 22.0. The zero-order chi connectivity index (χ0) is 20.1. The molecule has 0 unspecified atom stereocenters. The molecule has 0 saturated carbocycles. The van der Waals surface area contributed by atoms with Gasteiger partial charge in [-0.15, -0.1) is 0 Å². The molecule has 5 nitrogen and oxygen atoms in total. The van der Waals surface area contributed by atoms with Gasteiger partial charge in [-0.3, -0.25) is 0 Å². The molecule has 27 heavy (non-hydrogen) atoms. The summed E-state index contributed by atoms with van der Waals surface area (Å²) in [5.41, 5.74) is 7.21. The van der Waals surface area contributed by atoms with E-state index < -0.39 is 0 Å². The summed E-state index contributed by atoms with van der Waals surface area (Å²) < 4.78 is 10.5. The average Bonchev–Trinajstić information content (AvgIpc) is 2.64. The SMILES string of the molecule is CC(C)=O.CCOc1ccc(N)cc1.CCOc1ccc2ccccc2n1. The number of nitrogens with two attached hydrogens (primary N) is 1. The number of nitrogens with zero attached hydrogens (tertiary/aromatic N) is 1. The van der Waals surface area contributed by atoms with Gasteiger partial charge in [0, 0.05) is 17.1 Å². The molecule has 1 heterocycles. The molecule has 0 radical (unpaired) electrons. The molecule has 2 aromatic carbocycles. The van der Waals surface area contributed by atoms with Gasteiger partial charge in [0.15, 0.2) is 0 Å². The molecule has 3 aromatic rings. The number of ether oxygens (including phenoxy) is 2. The summed E-state index contributed by atoms with van der Waals surface area (Å²) in [6.07, 6.45) is 0. The number of aromatic nitrogens is 1. The maximum absolute atomic E-state index is 9.44. The first-order valence-electron chi connectivity index (χ1n) is 8.90. The van der Waals surface area contributed by atoms with Crippen LogP contribution in [0.4, 0.5) is 5.69 Å². The van der Waals surface area contributed by atoms with Gasteiger partial charge < -0.3 is 20.0 Å². The van der Waals surface area contributed by atoms with E-state index in [0.717, 1.165) is 22.3 Å². The molecular formula is C22H28N2O3. The van der Waals surface area contributed by atoms with Crippen molar-refractivity contribution in [3.63, 3.8) is 0 Å². The molecule has 0 bridgehead atoms. The van der Waals surface area contributed by atoms with Crippen LogP contribution in [0.15, 0.2) is 60.7 Å². The fourth-order valence-corrected chi connectivity index (χ4v) is 2.01. The van der Waals surface area contributed by atoms with Gasteiger partial charge in [-0.05, 0) is 64.1 Å². The molecular weight excluding hydrogens is 340 g/mol. The van der Waals surface area contributed by atoms with E-state index in [2.05, 4.69) is 4.98 Å². The minimum atomic E-state index is 0.167. The lowest BCUT2D eigenvalue weighted by molar-refractivity contribution is -0.114. The van der Waals surface area contributed by atoms with E-state index in [1.807, 2.05) is 74.5 Å². The third kappa shape index (κ3) is 9.26. The second-order valence-electron chi connectivity index (χ2n) is 5.69. The van der Waals surface area contributed by atoms with Crippen molar-refractivity contribution in [3.05, 3.63) is 60.7 Å². The van der Waals surface area contributed by atoms with E-state index in [-0.39, 0.29) is 5.78 Å². The van der Waals surface area contributed by atoms with Crippen LogP contribution in [0.2, 0.25) is 0 Å². The molecule has 2 N–H and O–H groups in total. The standard InChI is InChI=1S/C11H11NO.C8H11NO.C3H6O/c1-2-13-11-8-7-9-5-3-4-6-10(9)12-11;1-2-10-8-5-3-7(9)4-6-8;1-3(2)4/h3-8H,2H2,1H3;3-6H,2,9H2,1H3;1-2H3. The molecule has 0 spiro atoms. The van der Waals surface area contributed by atoms with Crippen LogP contribution in [0.25, 0.3) is 10.9 Å². The smallest absolute Gasteiger partial charge is 0.213 e. The zero-order valence-electron chi connectivity index (χ0n) is 16.4. The number of rotatable bonds is 4. The van der Waals surface area contributed by atoms with Crippen molar-refractivity contribution in [1.29, 1.82) is 0 Å². The average molecular weight is 368 g/mol. The van der Waals surface area contributed by atoms with E-state index in [9.17, 15) is 4.79 Å². The number of carbonyl (C=O) groups is 1. The lowest BCUT2D eigenvalue weighted by Crippen LogP contribution is -1.93. The maximum atomic E-state index is 9.44. The molecule has 5 heteroatoms. The van der Waals surface area contributed by atoms with Crippen LogP contribution in [0.3, 0.4) is 0 Å². The van der Waals surface area contributed by atoms with Gasteiger partial charge >= 0.3 is 0 Å². The number of Topliss-reactive ketones (excluding diaryl/α,β-unsaturated/α-hetero) is 1. The number of ketones is 1. The second-order valence-corrected chi connectivity index (χ2v) is 5.69. The number of carbonyl (C=O) groups excluding carboxylic acids is 1. The number of fused-ring (bicyclic) bond motifs is 1. The fraction of sp³-hybridized carbons (Fsp3) is 0.273. The van der Waals surface area contributed by atoms with Crippen molar-refractivity contribution in [2.75, 3.05) is 18.9 Å². The van der Waals surface area contributed by atoms with Crippen molar-refractivity contribution in [1.82, 2.24) is 4.98 Å². The summed E-state index contributed by atoms with van der Waals surface area (Å²) in [5.74, 6) is 1.73. The van der Waals surface area contributed by atoms with Crippen LogP contribution in [-0.2, 0) is 4.79 Å². The molecule has 3 rings (SSSR count). The third-order valence-electron chi connectivity index (χ3n) is 3.06. The highest BCUT2D eigenvalue weighted by Gasteiger charge is 1.96. The number of para-hydroxylation sites is 1. The van der Waals surface area contributed by atoms with Gasteiger partial charge in [-0.1, -0.05) is 18.2 Å². The van der Waals surface area contributed by atoms with Crippen LogP contribution in [0.5, 0.6) is 11.6 Å². The minimum absolute atomic E-state index is 0.167. The van der Waals surface area contributed by atoms with Crippen LogP contribution in [0.1, 0.15) is 27.7 Å². The number of hydrogen-bond donors (Lipinski definition) is 1. The van der Waals surface area contributed by atoms with Gasteiger partial charge in [-0.25, -0.2) is 4.98 Å². The molecule has 144 valence electrons. The van der Waals surface area contributed by atoms with Crippen LogP contribution < -0.4 is 15.2 Å². The Hall–Kier alpha value is -3.08. The largest absolute Gasteiger partial charge is 0.494 e. The Bertz CT molecular complexity index is 813. The third-order valence-corrected chi connectivity index (χ3v) is 3.06. The summed E-state index contributed by atoms with van der Waals surface area (Å²) in [6, 6.07) is 19.3. The number of benzene rings is 2. The zero-order valence-corrected chi connectivity index (χ0v) is 16.4. The van der Waals surface area contributed by atoms with Crippen molar-refractivity contribution in [2.45, 2.75) is 27.7 Å². The Morgan fingerprint density at radius 3 is 2.07 bits per heavy atom. The minimum Gasteiger partial charge on any atom is -0.494 e. The maximum Gasteiger partial charge on any atom is 0.213 e. The number of anilines is 1. The Balaban J connectivity index is 0.000000232. The van der Waals surface area contributed by atoms with E-state index in [0.29, 0.717) is 19.1 Å². The van der Waals surface area contributed by atoms with E-state index >= 15 is 0 Å². The highest BCUT2D eigenvalue weighted by atomic mass is 16.5. The van der Waals surface area contributed by atoms with E-state index in [1.54, 1.807) is 0 Å². The number of nitrogen functional groups attached to an aromatic ring is 1. The molecule has 0 amide bonds. The lowest BCUT2D eigenvalue weighted by atomic mass is 10.2. The quantitative estimate of drug-likeness (QED) is 0.663. The Morgan fingerprint density at radius 1 is 0.889 bits per heavy atom. The lowest BCUT2D eigenvalue weighted by Gasteiger charge is -2.02. The highest BCUT2D eigenvalue weighted by Crippen LogP contribution is 2.15. The van der Waals surface area contributed by atoms with Gasteiger partial charge in [0.05, 0.1) is 18.7 Å². The van der Waals surface area contributed by atoms with Crippen LogP contribution in [-0.4, -0.2) is 24.0 Å². The Labute approximate surface area is 161 Å². The van der Waals surface area contributed by atoms with Crippen molar-refractivity contribution in [3.8, 4) is 11.6 Å². The number of hydrogen-bond acceptors (Lipinski definition) is 5. The van der Waals surface area contributed by atoms with Crippen molar-refractivity contribution >= 4 is 22.4 Å². The first-order chi connectivity index (χ1) is 13.0. The normalized spacial score (nSPS) is 9.33.